The van der Waals surface area contributed by atoms with Gasteiger partial charge in [0.1, 0.15) is 11.5 Å². The number of unbranched alkanes of at least 4 members (excludes halogenated alkanes) is 4. The van der Waals surface area contributed by atoms with Crippen LogP contribution >= 0.6 is 0 Å². The number of benzene rings is 1. The number of aliphatic carboxylic acids is 1. The van der Waals surface area contributed by atoms with E-state index in [1.165, 1.54) is 12.1 Å². The number of hydrogen-bond acceptors (Lipinski definition) is 4. The van der Waals surface area contributed by atoms with Gasteiger partial charge in [0.25, 0.3) is 0 Å². The van der Waals surface area contributed by atoms with Crippen molar-refractivity contribution < 1.29 is 33.0 Å². The highest BCUT2D eigenvalue weighted by atomic mass is 19.3. The van der Waals surface area contributed by atoms with Gasteiger partial charge in [0.05, 0.1) is 0 Å². The van der Waals surface area contributed by atoms with Crippen LogP contribution in [0.3, 0.4) is 0 Å². The molecule has 7 heteroatoms. The van der Waals surface area contributed by atoms with Gasteiger partial charge in [-0.25, -0.2) is 4.79 Å². The number of rotatable bonds is 10. The first-order valence-electron chi connectivity index (χ1n) is 7.46. The summed E-state index contributed by atoms with van der Waals surface area (Å²) in [4.78, 5) is 21.9. The second-order valence-electron chi connectivity index (χ2n) is 5.03. The van der Waals surface area contributed by atoms with Crippen LogP contribution in [0.1, 0.15) is 45.4 Å². The van der Waals surface area contributed by atoms with E-state index in [0.717, 1.165) is 44.2 Å². The molecule has 0 aromatic heterocycles. The first-order chi connectivity index (χ1) is 10.8. The third-order valence-corrected chi connectivity index (χ3v) is 3.03. The minimum atomic E-state index is -4.31. The maximum atomic E-state index is 12.9. The Labute approximate surface area is 133 Å². The molecule has 23 heavy (non-hydrogen) atoms. The standard InChI is InChI=1S/C16H20F2O5/c1-2-3-4-5-6-7-14(19)22-12-8-10-13(11-9-12)23-16(17,18)15(20)21/h8-11H,2-7H2,1H3,(H,20,21). The Bertz CT molecular complexity index is 514. The van der Waals surface area contributed by atoms with Gasteiger partial charge in [-0.3, -0.25) is 4.79 Å². The van der Waals surface area contributed by atoms with Crippen molar-refractivity contribution in [1.82, 2.24) is 0 Å². The van der Waals surface area contributed by atoms with Gasteiger partial charge in [-0.1, -0.05) is 32.6 Å². The third kappa shape index (κ3) is 7.08. The Balaban J connectivity index is 2.42. The van der Waals surface area contributed by atoms with Crippen molar-refractivity contribution in [3.05, 3.63) is 24.3 Å². The summed E-state index contributed by atoms with van der Waals surface area (Å²) >= 11 is 0. The first-order valence-corrected chi connectivity index (χ1v) is 7.46. The fraction of sp³-hybridized carbons (Fsp3) is 0.500. The van der Waals surface area contributed by atoms with Crippen molar-refractivity contribution >= 4 is 11.9 Å². The molecule has 0 aliphatic rings. The van der Waals surface area contributed by atoms with Gasteiger partial charge in [0, 0.05) is 6.42 Å². The molecule has 0 saturated carbocycles. The van der Waals surface area contributed by atoms with Crippen LogP contribution in [0.15, 0.2) is 24.3 Å². The van der Waals surface area contributed by atoms with Gasteiger partial charge >= 0.3 is 18.0 Å². The number of carbonyl (C=O) groups excluding carboxylic acids is 1. The van der Waals surface area contributed by atoms with Crippen molar-refractivity contribution in [2.75, 3.05) is 0 Å². The normalized spacial score (nSPS) is 11.1. The molecule has 0 saturated heterocycles. The van der Waals surface area contributed by atoms with Crippen LogP contribution < -0.4 is 9.47 Å². The molecule has 1 N–H and O–H groups in total. The van der Waals surface area contributed by atoms with Crippen LogP contribution in [0.4, 0.5) is 8.78 Å². The highest BCUT2D eigenvalue weighted by molar-refractivity contribution is 5.74. The molecule has 0 radical (unpaired) electrons. The number of hydrogen-bond donors (Lipinski definition) is 1. The van der Waals surface area contributed by atoms with Crippen LogP contribution in [-0.2, 0) is 9.59 Å². The second-order valence-corrected chi connectivity index (χ2v) is 5.03. The van der Waals surface area contributed by atoms with E-state index in [9.17, 15) is 18.4 Å². The summed E-state index contributed by atoms with van der Waals surface area (Å²) in [5, 5.41) is 8.27. The zero-order valence-corrected chi connectivity index (χ0v) is 12.9. The largest absolute Gasteiger partial charge is 0.501 e. The Hall–Kier alpha value is -2.18. The number of esters is 1. The highest BCUT2D eigenvalue weighted by Crippen LogP contribution is 2.24. The van der Waals surface area contributed by atoms with E-state index in [1.807, 2.05) is 0 Å². The summed E-state index contributed by atoms with van der Waals surface area (Å²) in [6, 6.07) is 4.76. The Kier molecular flexibility index (Phi) is 7.44. The van der Waals surface area contributed by atoms with Crippen molar-refractivity contribution in [3.63, 3.8) is 0 Å². The summed E-state index contributed by atoms with van der Waals surface area (Å²) in [5.41, 5.74) is 0. The lowest BCUT2D eigenvalue weighted by molar-refractivity contribution is -0.210. The van der Waals surface area contributed by atoms with Crippen LogP contribution in [0.2, 0.25) is 0 Å². The third-order valence-electron chi connectivity index (χ3n) is 3.03. The lowest BCUT2D eigenvalue weighted by atomic mass is 10.1. The molecule has 1 aromatic rings. The highest BCUT2D eigenvalue weighted by Gasteiger charge is 2.42. The lowest BCUT2D eigenvalue weighted by Crippen LogP contribution is -2.34. The fourth-order valence-electron chi connectivity index (χ4n) is 1.82. The van der Waals surface area contributed by atoms with Gasteiger partial charge in [-0.05, 0) is 30.7 Å². The predicted molar refractivity (Wildman–Crippen MR) is 78.7 cm³/mol. The number of halogens is 2. The topological polar surface area (TPSA) is 72.8 Å². The van der Waals surface area contributed by atoms with Crippen LogP contribution in [0, 0.1) is 0 Å². The smallest absolute Gasteiger partial charge is 0.474 e. The minimum Gasteiger partial charge on any atom is -0.474 e. The summed E-state index contributed by atoms with van der Waals surface area (Å²) in [6.07, 6.45) is 1.02. The van der Waals surface area contributed by atoms with E-state index in [4.69, 9.17) is 9.84 Å². The number of ether oxygens (including phenoxy) is 2. The fourth-order valence-corrected chi connectivity index (χ4v) is 1.82. The molecular weight excluding hydrogens is 310 g/mol. The van der Waals surface area contributed by atoms with Gasteiger partial charge < -0.3 is 14.6 Å². The zero-order chi connectivity index (χ0) is 17.3. The van der Waals surface area contributed by atoms with Gasteiger partial charge in [0.2, 0.25) is 0 Å². The van der Waals surface area contributed by atoms with Crippen LogP contribution in [-0.4, -0.2) is 23.2 Å². The van der Waals surface area contributed by atoms with Gasteiger partial charge in [-0.15, -0.1) is 0 Å². The molecule has 0 heterocycles. The van der Waals surface area contributed by atoms with E-state index >= 15 is 0 Å². The maximum Gasteiger partial charge on any atom is 0.501 e. The monoisotopic (exact) mass is 330 g/mol. The summed E-state index contributed by atoms with van der Waals surface area (Å²) in [5.74, 6) is -2.92. The van der Waals surface area contributed by atoms with Crippen molar-refractivity contribution in [2.24, 2.45) is 0 Å². The number of carboxylic acid groups (broad SMARTS) is 1. The second kappa shape index (κ2) is 9.07. The molecule has 0 fully saturated rings. The average molecular weight is 330 g/mol. The van der Waals surface area contributed by atoms with Crippen LogP contribution in [0.5, 0.6) is 11.5 Å². The van der Waals surface area contributed by atoms with E-state index in [2.05, 4.69) is 11.7 Å². The molecule has 5 nitrogen and oxygen atoms in total. The van der Waals surface area contributed by atoms with E-state index < -0.39 is 18.0 Å². The van der Waals surface area contributed by atoms with Crippen molar-refractivity contribution in [3.8, 4) is 11.5 Å². The molecule has 0 atom stereocenters. The minimum absolute atomic E-state index is 0.189. The lowest BCUT2D eigenvalue weighted by Gasteiger charge is -2.13. The van der Waals surface area contributed by atoms with Gasteiger partial charge in [-0.2, -0.15) is 8.78 Å². The molecule has 0 aliphatic heterocycles. The molecule has 0 aliphatic carbocycles. The summed E-state index contributed by atoms with van der Waals surface area (Å²) in [6.45, 7) is 2.11. The van der Waals surface area contributed by atoms with Crippen LogP contribution in [0.25, 0.3) is 0 Å². The molecule has 0 spiro atoms. The molecule has 0 bridgehead atoms. The summed E-state index contributed by atoms with van der Waals surface area (Å²) in [7, 11) is 0. The molecule has 0 unspecified atom stereocenters. The molecule has 1 aromatic carbocycles. The quantitative estimate of drug-likeness (QED) is 0.399. The number of carbonyl (C=O) groups is 2. The molecular formula is C16H20F2O5. The van der Waals surface area contributed by atoms with Crippen molar-refractivity contribution in [2.45, 2.75) is 51.6 Å². The number of alkyl halides is 2. The zero-order valence-electron chi connectivity index (χ0n) is 12.9. The Morgan fingerprint density at radius 2 is 1.61 bits per heavy atom. The van der Waals surface area contributed by atoms with E-state index in [0.29, 0.717) is 6.42 Å². The Morgan fingerprint density at radius 3 is 2.17 bits per heavy atom. The predicted octanol–water partition coefficient (Wildman–Crippen LogP) is 4.01. The number of carboxylic acids is 1. The Morgan fingerprint density at radius 1 is 1.04 bits per heavy atom. The van der Waals surface area contributed by atoms with E-state index in [-0.39, 0.29) is 11.5 Å². The van der Waals surface area contributed by atoms with Crippen molar-refractivity contribution in [1.29, 1.82) is 0 Å². The first kappa shape index (κ1) is 18.9. The molecule has 1 rings (SSSR count). The average Bonchev–Trinajstić information content (AvgIpc) is 2.48. The molecule has 0 amide bonds. The molecule has 128 valence electrons. The maximum absolute atomic E-state index is 12.9. The van der Waals surface area contributed by atoms with Gasteiger partial charge in [0.15, 0.2) is 0 Å². The van der Waals surface area contributed by atoms with E-state index in [1.54, 1.807) is 0 Å². The SMILES string of the molecule is CCCCCCCC(=O)Oc1ccc(OC(F)(F)C(=O)O)cc1. The summed E-state index contributed by atoms with van der Waals surface area (Å²) < 4.78 is 34.8.